The first-order valence-electron chi connectivity index (χ1n) is 8.25. The first-order valence-corrected chi connectivity index (χ1v) is 8.25. The van der Waals surface area contributed by atoms with Gasteiger partial charge in [-0.05, 0) is 80.0 Å². The van der Waals surface area contributed by atoms with E-state index in [0.717, 1.165) is 23.6 Å². The molecule has 0 spiro atoms. The zero-order chi connectivity index (χ0) is 13.5. The van der Waals surface area contributed by atoms with Crippen molar-refractivity contribution in [1.29, 1.82) is 0 Å². The van der Waals surface area contributed by atoms with Crippen LogP contribution in [0.1, 0.15) is 43.2 Å². The van der Waals surface area contributed by atoms with Crippen LogP contribution < -0.4 is 10.1 Å². The maximum absolute atomic E-state index is 5.37. The van der Waals surface area contributed by atoms with Gasteiger partial charge in [-0.3, -0.25) is 0 Å². The van der Waals surface area contributed by atoms with Gasteiger partial charge >= 0.3 is 0 Å². The van der Waals surface area contributed by atoms with Gasteiger partial charge in [0.2, 0.25) is 0 Å². The summed E-state index contributed by atoms with van der Waals surface area (Å²) in [5.74, 6) is 2.99. The van der Waals surface area contributed by atoms with Gasteiger partial charge in [-0.2, -0.15) is 0 Å². The molecule has 0 bridgehead atoms. The monoisotopic (exact) mass is 271 g/mol. The second-order valence-electron chi connectivity index (χ2n) is 6.94. The maximum atomic E-state index is 5.37. The molecule has 2 saturated carbocycles. The van der Waals surface area contributed by atoms with Crippen molar-refractivity contribution in [2.45, 2.75) is 57.0 Å². The lowest BCUT2D eigenvalue weighted by molar-refractivity contribution is 0.338. The van der Waals surface area contributed by atoms with E-state index in [-0.39, 0.29) is 0 Å². The van der Waals surface area contributed by atoms with Gasteiger partial charge in [0.1, 0.15) is 5.75 Å². The third kappa shape index (κ3) is 2.58. The van der Waals surface area contributed by atoms with E-state index < -0.39 is 0 Å². The maximum Gasteiger partial charge on any atom is 0.119 e. The highest BCUT2D eigenvalue weighted by Gasteiger charge is 2.42. The highest BCUT2D eigenvalue weighted by Crippen LogP contribution is 2.45. The molecule has 3 aliphatic carbocycles. The Morgan fingerprint density at radius 1 is 1.05 bits per heavy atom. The molecular weight excluding hydrogens is 246 g/mol. The van der Waals surface area contributed by atoms with Gasteiger partial charge < -0.3 is 10.1 Å². The van der Waals surface area contributed by atoms with E-state index in [0.29, 0.717) is 6.04 Å². The summed E-state index contributed by atoms with van der Waals surface area (Å²) in [4.78, 5) is 0. The van der Waals surface area contributed by atoms with Crippen LogP contribution in [0, 0.1) is 11.8 Å². The summed E-state index contributed by atoms with van der Waals surface area (Å²) in [6.45, 7) is 0. The SMILES string of the molecule is COc1ccc2c(c1)CC(NC(C1CC1)C1CC1)CC2. The third-order valence-corrected chi connectivity index (χ3v) is 5.33. The number of methoxy groups -OCH3 is 1. The molecule has 0 amide bonds. The van der Waals surface area contributed by atoms with Crippen molar-refractivity contribution >= 4 is 0 Å². The topological polar surface area (TPSA) is 21.3 Å². The number of rotatable bonds is 5. The Morgan fingerprint density at radius 3 is 2.45 bits per heavy atom. The molecule has 1 aromatic rings. The van der Waals surface area contributed by atoms with Crippen molar-refractivity contribution in [2.75, 3.05) is 7.11 Å². The molecule has 20 heavy (non-hydrogen) atoms. The number of hydrogen-bond donors (Lipinski definition) is 1. The average Bonchev–Trinajstić information content (AvgIpc) is 3.37. The lowest BCUT2D eigenvalue weighted by Crippen LogP contribution is -2.43. The fourth-order valence-corrected chi connectivity index (χ4v) is 3.84. The summed E-state index contributed by atoms with van der Waals surface area (Å²) in [7, 11) is 1.76. The Hall–Kier alpha value is -1.02. The van der Waals surface area contributed by atoms with E-state index in [1.807, 2.05) is 0 Å². The molecule has 4 rings (SSSR count). The van der Waals surface area contributed by atoms with Crippen LogP contribution >= 0.6 is 0 Å². The predicted molar refractivity (Wildman–Crippen MR) is 81.2 cm³/mol. The summed E-state index contributed by atoms with van der Waals surface area (Å²) in [5.41, 5.74) is 3.02. The number of fused-ring (bicyclic) bond motifs is 1. The van der Waals surface area contributed by atoms with E-state index >= 15 is 0 Å². The molecule has 0 aromatic heterocycles. The molecule has 0 aliphatic heterocycles. The third-order valence-electron chi connectivity index (χ3n) is 5.33. The molecule has 0 radical (unpaired) electrons. The van der Waals surface area contributed by atoms with Crippen LogP contribution in [-0.4, -0.2) is 19.2 Å². The van der Waals surface area contributed by atoms with E-state index in [9.17, 15) is 0 Å². The van der Waals surface area contributed by atoms with E-state index in [1.54, 1.807) is 7.11 Å². The molecule has 2 heteroatoms. The smallest absolute Gasteiger partial charge is 0.119 e. The minimum absolute atomic E-state index is 0.681. The molecular formula is C18H25NO. The van der Waals surface area contributed by atoms with E-state index in [2.05, 4.69) is 23.5 Å². The molecule has 1 N–H and O–H groups in total. The molecule has 1 unspecified atom stereocenters. The van der Waals surface area contributed by atoms with Crippen molar-refractivity contribution < 1.29 is 4.74 Å². The zero-order valence-corrected chi connectivity index (χ0v) is 12.4. The Labute approximate surface area is 121 Å². The lowest BCUT2D eigenvalue weighted by Gasteiger charge is -2.30. The standard InChI is InChI=1S/C18H25NO/c1-20-17-9-7-12-6-8-16(10-15(12)11-17)19-18(13-2-3-13)14-4-5-14/h7,9,11,13-14,16,18-19H,2-6,8,10H2,1H3. The fraction of sp³-hybridized carbons (Fsp3) is 0.667. The van der Waals surface area contributed by atoms with Gasteiger partial charge in [-0.25, -0.2) is 0 Å². The molecule has 3 aliphatic rings. The first kappa shape index (κ1) is 12.7. The summed E-state index contributed by atoms with van der Waals surface area (Å²) in [6, 6.07) is 8.10. The fourth-order valence-electron chi connectivity index (χ4n) is 3.84. The Balaban J connectivity index is 1.45. The van der Waals surface area contributed by atoms with Crippen molar-refractivity contribution in [1.82, 2.24) is 5.32 Å². The van der Waals surface area contributed by atoms with Crippen molar-refractivity contribution in [3.63, 3.8) is 0 Å². The van der Waals surface area contributed by atoms with Crippen LogP contribution in [0.2, 0.25) is 0 Å². The van der Waals surface area contributed by atoms with Gasteiger partial charge in [-0.1, -0.05) is 6.07 Å². The molecule has 108 valence electrons. The quantitative estimate of drug-likeness (QED) is 0.887. The average molecular weight is 271 g/mol. The molecule has 0 saturated heterocycles. The lowest BCUT2D eigenvalue weighted by atomic mass is 9.87. The molecule has 2 fully saturated rings. The zero-order valence-electron chi connectivity index (χ0n) is 12.4. The highest BCUT2D eigenvalue weighted by atomic mass is 16.5. The van der Waals surface area contributed by atoms with E-state index in [4.69, 9.17) is 4.74 Å². The minimum atomic E-state index is 0.681. The minimum Gasteiger partial charge on any atom is -0.497 e. The Morgan fingerprint density at radius 2 is 1.80 bits per heavy atom. The van der Waals surface area contributed by atoms with Crippen LogP contribution in [0.3, 0.4) is 0 Å². The van der Waals surface area contributed by atoms with Crippen molar-refractivity contribution in [3.8, 4) is 5.75 Å². The Bertz CT molecular complexity index is 478. The normalized spacial score (nSPS) is 25.6. The van der Waals surface area contributed by atoms with Gasteiger partial charge in [0.25, 0.3) is 0 Å². The summed E-state index contributed by atoms with van der Waals surface area (Å²) >= 11 is 0. The molecule has 2 nitrogen and oxygen atoms in total. The summed E-state index contributed by atoms with van der Waals surface area (Å²) in [6.07, 6.45) is 9.56. The molecule has 1 aromatic carbocycles. The summed E-state index contributed by atoms with van der Waals surface area (Å²) < 4.78 is 5.37. The largest absolute Gasteiger partial charge is 0.497 e. The first-order chi connectivity index (χ1) is 9.83. The second-order valence-corrected chi connectivity index (χ2v) is 6.94. The van der Waals surface area contributed by atoms with Crippen molar-refractivity contribution in [3.05, 3.63) is 29.3 Å². The van der Waals surface area contributed by atoms with Crippen molar-refractivity contribution in [2.24, 2.45) is 11.8 Å². The van der Waals surface area contributed by atoms with Crippen LogP contribution in [0.5, 0.6) is 5.75 Å². The Kier molecular flexibility index (Phi) is 3.22. The van der Waals surface area contributed by atoms with Crippen LogP contribution in [-0.2, 0) is 12.8 Å². The van der Waals surface area contributed by atoms with Gasteiger partial charge in [0, 0.05) is 12.1 Å². The second kappa shape index (κ2) is 5.07. The van der Waals surface area contributed by atoms with Gasteiger partial charge in [0.05, 0.1) is 7.11 Å². The number of nitrogens with one attached hydrogen (secondary N) is 1. The molecule has 1 atom stereocenters. The van der Waals surface area contributed by atoms with Gasteiger partial charge in [-0.15, -0.1) is 0 Å². The number of hydrogen-bond acceptors (Lipinski definition) is 2. The number of aryl methyl sites for hydroxylation is 1. The number of benzene rings is 1. The summed E-state index contributed by atoms with van der Waals surface area (Å²) in [5, 5.41) is 4.02. The van der Waals surface area contributed by atoms with Crippen LogP contribution in [0.25, 0.3) is 0 Å². The predicted octanol–water partition coefficient (Wildman–Crippen LogP) is 3.33. The number of ether oxygens (including phenoxy) is 1. The molecule has 0 heterocycles. The van der Waals surface area contributed by atoms with Gasteiger partial charge in [0.15, 0.2) is 0 Å². The van der Waals surface area contributed by atoms with Crippen LogP contribution in [0.4, 0.5) is 0 Å². The van der Waals surface area contributed by atoms with Crippen LogP contribution in [0.15, 0.2) is 18.2 Å². The van der Waals surface area contributed by atoms with E-state index in [1.165, 1.54) is 56.1 Å². The highest BCUT2D eigenvalue weighted by molar-refractivity contribution is 5.38.